The molecular formula is C37H43N2O+. The minimum Gasteiger partial charge on any atom is -0.437 e. The molecule has 3 heterocycles. The smallest absolute Gasteiger partial charge is 0.227 e. The first-order valence-electron chi connectivity index (χ1n) is 16.2. The van der Waals surface area contributed by atoms with Crippen LogP contribution >= 0.6 is 0 Å². The van der Waals surface area contributed by atoms with Crippen LogP contribution in [0.25, 0.3) is 44.2 Å². The van der Waals surface area contributed by atoms with Gasteiger partial charge >= 0.3 is 0 Å². The Bertz CT molecular complexity index is 1870. The molecule has 3 aromatic heterocycles. The summed E-state index contributed by atoms with van der Waals surface area (Å²) in [5.41, 5.74) is 9.35. The minimum absolute atomic E-state index is 0.0460. The molecule has 2 aromatic carbocycles. The van der Waals surface area contributed by atoms with Crippen LogP contribution in [0.4, 0.5) is 0 Å². The van der Waals surface area contributed by atoms with E-state index in [4.69, 9.17) is 12.1 Å². The standard InChI is InChI=1S/C37H43N2O/c1-23-12-14-27-28-22-26-13-15-29-32(37(4,5)18-17-36(29,2)3)33(26)38-35(28)40-34(27)31(23)30-21-25(16-19-39(30)6)20-24-10-8-7-9-11-24/h12-16,19,21-22,24H,7-11,17-18,20H2,1-6H3/q+1/i20D2. The molecule has 0 radical (unpaired) electrons. The van der Waals surface area contributed by atoms with E-state index in [0.717, 1.165) is 81.7 Å². The van der Waals surface area contributed by atoms with Crippen molar-refractivity contribution in [2.45, 2.75) is 96.8 Å². The molecule has 0 bridgehead atoms. The summed E-state index contributed by atoms with van der Waals surface area (Å²) in [7, 11) is 2.04. The number of aromatic nitrogens is 2. The number of aryl methyl sites for hydroxylation is 2. The highest BCUT2D eigenvalue weighted by Crippen LogP contribution is 2.49. The molecule has 0 unspecified atom stereocenters. The van der Waals surface area contributed by atoms with E-state index in [1.54, 1.807) is 0 Å². The van der Waals surface area contributed by atoms with Crippen LogP contribution in [0.3, 0.4) is 0 Å². The fourth-order valence-electron chi connectivity index (χ4n) is 7.43. The average Bonchev–Trinajstić information content (AvgIpc) is 3.32. The summed E-state index contributed by atoms with van der Waals surface area (Å²) in [5.74, 6) is 0.0617. The quantitative estimate of drug-likeness (QED) is 0.216. The number of benzene rings is 2. The molecule has 7 rings (SSSR count). The van der Waals surface area contributed by atoms with E-state index >= 15 is 0 Å². The molecule has 0 spiro atoms. The predicted octanol–water partition coefficient (Wildman–Crippen LogP) is 9.41. The van der Waals surface area contributed by atoms with Crippen LogP contribution in [0, 0.1) is 12.8 Å². The summed E-state index contributed by atoms with van der Waals surface area (Å²) in [4.78, 5) is 5.26. The lowest BCUT2D eigenvalue weighted by Crippen LogP contribution is -2.34. The van der Waals surface area contributed by atoms with Crippen LogP contribution in [-0.2, 0) is 24.3 Å². The van der Waals surface area contributed by atoms with Crippen LogP contribution in [0.5, 0.6) is 0 Å². The Hall–Kier alpha value is -3.20. The van der Waals surface area contributed by atoms with E-state index < -0.39 is 6.37 Å². The maximum atomic E-state index is 9.14. The Labute approximate surface area is 241 Å². The predicted molar refractivity (Wildman–Crippen MR) is 166 cm³/mol. The fraction of sp³-hybridized carbons (Fsp3) is 0.459. The third-order valence-corrected chi connectivity index (χ3v) is 9.97. The summed E-state index contributed by atoms with van der Waals surface area (Å²) in [6, 6.07) is 15.2. The first kappa shape index (κ1) is 23.5. The molecule has 1 saturated carbocycles. The largest absolute Gasteiger partial charge is 0.437 e. The molecule has 2 aliphatic carbocycles. The molecule has 0 N–H and O–H groups in total. The van der Waals surface area contributed by atoms with Gasteiger partial charge in [0.25, 0.3) is 0 Å². The van der Waals surface area contributed by atoms with Crippen LogP contribution in [-0.4, -0.2) is 4.98 Å². The van der Waals surface area contributed by atoms with Crippen LogP contribution < -0.4 is 4.57 Å². The summed E-state index contributed by atoms with van der Waals surface area (Å²) < 4.78 is 27.1. The topological polar surface area (TPSA) is 29.9 Å². The first-order chi connectivity index (χ1) is 19.9. The molecule has 5 aromatic rings. The monoisotopic (exact) mass is 533 g/mol. The van der Waals surface area contributed by atoms with Gasteiger partial charge in [0.1, 0.15) is 7.05 Å². The SMILES string of the molecule is [2H]C([2H])(c1cc[n+](C)c(-c2c(C)ccc3c2oc2nc4c5c(ccc4cc23)C(C)(C)CCC5(C)C)c1)C1CCCCC1. The molecule has 3 heteroatoms. The van der Waals surface area contributed by atoms with E-state index in [1.807, 2.05) is 19.3 Å². The van der Waals surface area contributed by atoms with Gasteiger partial charge in [-0.25, -0.2) is 9.55 Å². The number of furan rings is 1. The van der Waals surface area contributed by atoms with Crippen molar-refractivity contribution in [2.75, 3.05) is 0 Å². The Morgan fingerprint density at radius 2 is 1.73 bits per heavy atom. The number of rotatable bonds is 3. The van der Waals surface area contributed by atoms with Crippen LogP contribution in [0.1, 0.15) is 97.6 Å². The van der Waals surface area contributed by atoms with Crippen molar-refractivity contribution in [3.8, 4) is 11.3 Å². The lowest BCUT2D eigenvalue weighted by molar-refractivity contribution is -0.660. The number of pyridine rings is 2. The zero-order valence-corrected chi connectivity index (χ0v) is 24.9. The molecule has 0 aliphatic heterocycles. The van der Waals surface area contributed by atoms with Gasteiger partial charge < -0.3 is 4.42 Å². The third kappa shape index (κ3) is 4.07. The summed E-state index contributed by atoms with van der Waals surface area (Å²) in [5, 5.41) is 3.24. The van der Waals surface area contributed by atoms with Gasteiger partial charge in [0.2, 0.25) is 11.4 Å². The van der Waals surface area contributed by atoms with E-state index in [-0.39, 0.29) is 16.7 Å². The zero-order chi connectivity index (χ0) is 29.6. The van der Waals surface area contributed by atoms with E-state index in [0.29, 0.717) is 5.71 Å². The number of nitrogens with zero attached hydrogens (tertiary/aromatic N) is 2. The molecule has 40 heavy (non-hydrogen) atoms. The Morgan fingerprint density at radius 3 is 2.52 bits per heavy atom. The summed E-state index contributed by atoms with van der Waals surface area (Å²) in [6.07, 6.45) is 8.32. The van der Waals surface area contributed by atoms with Crippen molar-refractivity contribution in [3.05, 3.63) is 70.9 Å². The van der Waals surface area contributed by atoms with Crippen molar-refractivity contribution in [2.24, 2.45) is 13.0 Å². The van der Waals surface area contributed by atoms with E-state index in [2.05, 4.69) is 75.6 Å². The van der Waals surface area contributed by atoms with E-state index in [9.17, 15) is 0 Å². The molecule has 1 fully saturated rings. The van der Waals surface area contributed by atoms with Crippen molar-refractivity contribution in [1.29, 1.82) is 0 Å². The summed E-state index contributed by atoms with van der Waals surface area (Å²) in [6.45, 7) is 11.5. The van der Waals surface area contributed by atoms with E-state index in [1.165, 1.54) is 24.0 Å². The molecule has 0 amide bonds. The molecule has 0 saturated heterocycles. The van der Waals surface area contributed by atoms with Gasteiger partial charge in [0.15, 0.2) is 11.8 Å². The Kier molecular flexibility index (Phi) is 5.38. The van der Waals surface area contributed by atoms with Gasteiger partial charge in [-0.2, -0.15) is 0 Å². The fourth-order valence-corrected chi connectivity index (χ4v) is 7.43. The van der Waals surface area contributed by atoms with Crippen molar-refractivity contribution < 1.29 is 11.7 Å². The second-order valence-electron chi connectivity index (χ2n) is 13.8. The number of hydrogen-bond donors (Lipinski definition) is 0. The molecule has 0 atom stereocenters. The van der Waals surface area contributed by atoms with Gasteiger partial charge in [-0.3, -0.25) is 0 Å². The second kappa shape index (κ2) is 9.16. The van der Waals surface area contributed by atoms with Gasteiger partial charge in [-0.15, -0.1) is 0 Å². The van der Waals surface area contributed by atoms with Gasteiger partial charge in [-0.1, -0.05) is 84.1 Å². The van der Waals surface area contributed by atoms with Crippen LogP contribution in [0.15, 0.2) is 53.1 Å². The highest BCUT2D eigenvalue weighted by Gasteiger charge is 2.39. The maximum absolute atomic E-state index is 9.14. The summed E-state index contributed by atoms with van der Waals surface area (Å²) >= 11 is 0. The van der Waals surface area contributed by atoms with Crippen molar-refractivity contribution >= 4 is 33.0 Å². The van der Waals surface area contributed by atoms with Gasteiger partial charge in [0.05, 0.1) is 11.1 Å². The molecular weight excluding hydrogens is 488 g/mol. The number of fused-ring (bicyclic) bond motifs is 6. The lowest BCUT2D eigenvalue weighted by atomic mass is 9.62. The van der Waals surface area contributed by atoms with Gasteiger partial charge in [0, 0.05) is 31.0 Å². The zero-order valence-electron chi connectivity index (χ0n) is 26.9. The number of hydrogen-bond acceptors (Lipinski definition) is 2. The first-order valence-corrected chi connectivity index (χ1v) is 15.2. The second-order valence-corrected chi connectivity index (χ2v) is 13.8. The van der Waals surface area contributed by atoms with Gasteiger partial charge in [-0.05, 0) is 71.2 Å². The normalized spacial score (nSPS) is 20.1. The Morgan fingerprint density at radius 1 is 0.950 bits per heavy atom. The average molecular weight is 534 g/mol. The lowest BCUT2D eigenvalue weighted by Gasteiger charge is -2.42. The molecule has 206 valence electrons. The molecule has 2 aliphatic rings. The van der Waals surface area contributed by atoms with Crippen molar-refractivity contribution in [1.82, 2.24) is 4.98 Å². The Balaban J connectivity index is 1.45. The highest BCUT2D eigenvalue weighted by atomic mass is 16.3. The third-order valence-electron chi connectivity index (χ3n) is 9.97. The minimum atomic E-state index is -1.36. The maximum Gasteiger partial charge on any atom is 0.227 e. The highest BCUT2D eigenvalue weighted by molar-refractivity contribution is 6.11. The van der Waals surface area contributed by atoms with Crippen LogP contribution in [0.2, 0.25) is 0 Å². The van der Waals surface area contributed by atoms with Crippen molar-refractivity contribution in [3.63, 3.8) is 0 Å². The molecule has 3 nitrogen and oxygen atoms in total.